The molecule has 0 bridgehead atoms. The smallest absolute Gasteiger partial charge is 0.218 e. The van der Waals surface area contributed by atoms with Crippen molar-refractivity contribution in [3.8, 4) is 0 Å². The minimum Gasteiger partial charge on any atom is -0.370 e. The van der Waals surface area contributed by atoms with Crippen LogP contribution in [-0.2, 0) is 11.3 Å². The molecule has 0 saturated heterocycles. The normalized spacial score (nSPS) is 10.0. The largest absolute Gasteiger partial charge is 0.370 e. The average molecular weight is 167 g/mol. The van der Waals surface area contributed by atoms with Crippen molar-refractivity contribution in [1.82, 2.24) is 10.3 Å². The van der Waals surface area contributed by atoms with E-state index in [1.807, 2.05) is 18.5 Å². The fourth-order valence-corrected chi connectivity index (χ4v) is 0.913. The number of carbonyl (C=O) groups is 1. The van der Waals surface area contributed by atoms with Gasteiger partial charge in [-0.15, -0.1) is 0 Å². The monoisotopic (exact) mass is 167 g/mol. The number of aromatic amines is 1. The summed E-state index contributed by atoms with van der Waals surface area (Å²) in [6.45, 7) is 1.41. The molecule has 1 heterocycles. The lowest BCUT2D eigenvalue weighted by Crippen LogP contribution is -2.21. The lowest BCUT2D eigenvalue weighted by atomic mass is 10.3. The maximum Gasteiger partial charge on any atom is 0.218 e. The number of aromatic nitrogens is 1. The van der Waals surface area contributed by atoms with Crippen LogP contribution in [0.15, 0.2) is 18.5 Å². The molecule has 0 aliphatic heterocycles. The van der Waals surface area contributed by atoms with Crippen LogP contribution in [0.3, 0.4) is 0 Å². The van der Waals surface area contributed by atoms with Crippen LogP contribution in [0.5, 0.6) is 0 Å². The summed E-state index contributed by atoms with van der Waals surface area (Å²) in [5.41, 5.74) is 6.15. The SMILES string of the molecule is NC(=O)CCNCc1cc[nH]c1. The molecule has 0 aliphatic carbocycles. The molecule has 0 unspecified atom stereocenters. The molecule has 4 N–H and O–H groups in total. The maximum atomic E-state index is 10.3. The Labute approximate surface area is 71.2 Å². The quantitative estimate of drug-likeness (QED) is 0.539. The van der Waals surface area contributed by atoms with Crippen LogP contribution < -0.4 is 11.1 Å². The molecule has 1 amide bonds. The van der Waals surface area contributed by atoms with Gasteiger partial charge in [-0.1, -0.05) is 0 Å². The Kier molecular flexibility index (Phi) is 3.35. The topological polar surface area (TPSA) is 70.9 Å². The highest BCUT2D eigenvalue weighted by atomic mass is 16.1. The molecule has 1 aromatic rings. The van der Waals surface area contributed by atoms with Crippen LogP contribution in [0.4, 0.5) is 0 Å². The van der Waals surface area contributed by atoms with Crippen molar-refractivity contribution >= 4 is 5.91 Å². The van der Waals surface area contributed by atoms with Crippen molar-refractivity contribution in [1.29, 1.82) is 0 Å². The molecule has 0 atom stereocenters. The van der Waals surface area contributed by atoms with E-state index >= 15 is 0 Å². The third-order valence-electron chi connectivity index (χ3n) is 1.54. The summed E-state index contributed by atoms with van der Waals surface area (Å²) in [5.74, 6) is -0.267. The Morgan fingerprint density at radius 2 is 2.50 bits per heavy atom. The standard InChI is InChI=1S/C8H13N3O/c9-8(12)2-4-11-6-7-1-3-10-5-7/h1,3,5,10-11H,2,4,6H2,(H2,9,12). The first kappa shape index (κ1) is 8.80. The van der Waals surface area contributed by atoms with Gasteiger partial charge in [-0.2, -0.15) is 0 Å². The fourth-order valence-electron chi connectivity index (χ4n) is 0.913. The second-order valence-corrected chi connectivity index (χ2v) is 2.61. The van der Waals surface area contributed by atoms with Gasteiger partial charge >= 0.3 is 0 Å². The van der Waals surface area contributed by atoms with Crippen molar-refractivity contribution in [3.63, 3.8) is 0 Å². The van der Waals surface area contributed by atoms with Gasteiger partial charge in [0.1, 0.15) is 0 Å². The minimum atomic E-state index is -0.267. The first-order valence-corrected chi connectivity index (χ1v) is 3.90. The van der Waals surface area contributed by atoms with Crippen LogP contribution in [0.2, 0.25) is 0 Å². The van der Waals surface area contributed by atoms with Crippen molar-refractivity contribution < 1.29 is 4.79 Å². The summed E-state index contributed by atoms with van der Waals surface area (Å²) >= 11 is 0. The van der Waals surface area contributed by atoms with Gasteiger partial charge in [0.15, 0.2) is 0 Å². The number of hydrogen-bond donors (Lipinski definition) is 3. The van der Waals surface area contributed by atoms with Crippen molar-refractivity contribution in [2.45, 2.75) is 13.0 Å². The molecule has 0 aromatic carbocycles. The highest BCUT2D eigenvalue weighted by Gasteiger charge is 1.94. The van der Waals surface area contributed by atoms with Crippen LogP contribution in [0.25, 0.3) is 0 Å². The highest BCUT2D eigenvalue weighted by molar-refractivity contribution is 5.73. The minimum absolute atomic E-state index is 0.267. The predicted molar refractivity (Wildman–Crippen MR) is 46.3 cm³/mol. The van der Waals surface area contributed by atoms with E-state index in [4.69, 9.17) is 5.73 Å². The van der Waals surface area contributed by atoms with E-state index in [0.717, 1.165) is 6.54 Å². The van der Waals surface area contributed by atoms with E-state index in [1.54, 1.807) is 0 Å². The van der Waals surface area contributed by atoms with Crippen molar-refractivity contribution in [2.75, 3.05) is 6.54 Å². The zero-order valence-corrected chi connectivity index (χ0v) is 6.84. The molecule has 0 fully saturated rings. The van der Waals surface area contributed by atoms with Gasteiger partial charge in [0.25, 0.3) is 0 Å². The Morgan fingerprint density at radius 3 is 3.08 bits per heavy atom. The molecule has 4 heteroatoms. The summed E-state index contributed by atoms with van der Waals surface area (Å²) in [4.78, 5) is 13.3. The first-order valence-electron chi connectivity index (χ1n) is 3.90. The Bertz CT molecular complexity index is 230. The van der Waals surface area contributed by atoms with E-state index < -0.39 is 0 Å². The van der Waals surface area contributed by atoms with Crippen LogP contribution in [0.1, 0.15) is 12.0 Å². The number of rotatable bonds is 5. The molecule has 0 saturated carbocycles. The maximum absolute atomic E-state index is 10.3. The second kappa shape index (κ2) is 4.56. The Balaban J connectivity index is 2.07. The first-order chi connectivity index (χ1) is 5.79. The Hall–Kier alpha value is -1.29. The van der Waals surface area contributed by atoms with Gasteiger partial charge in [0, 0.05) is 31.9 Å². The number of primary amides is 1. The number of amides is 1. The Morgan fingerprint density at radius 1 is 1.67 bits per heavy atom. The molecular formula is C8H13N3O. The third kappa shape index (κ3) is 3.21. The van der Waals surface area contributed by atoms with Gasteiger partial charge in [-0.3, -0.25) is 4.79 Å². The molecule has 66 valence electrons. The van der Waals surface area contributed by atoms with E-state index in [2.05, 4.69) is 10.3 Å². The lowest BCUT2D eigenvalue weighted by Gasteiger charge is -1.99. The summed E-state index contributed by atoms with van der Waals surface area (Å²) in [5, 5.41) is 3.10. The van der Waals surface area contributed by atoms with E-state index in [9.17, 15) is 4.79 Å². The molecule has 0 radical (unpaired) electrons. The third-order valence-corrected chi connectivity index (χ3v) is 1.54. The zero-order valence-electron chi connectivity index (χ0n) is 6.84. The van der Waals surface area contributed by atoms with Crippen LogP contribution >= 0.6 is 0 Å². The molecule has 12 heavy (non-hydrogen) atoms. The second-order valence-electron chi connectivity index (χ2n) is 2.61. The van der Waals surface area contributed by atoms with Crippen molar-refractivity contribution in [2.24, 2.45) is 5.73 Å². The van der Waals surface area contributed by atoms with Gasteiger partial charge < -0.3 is 16.0 Å². The van der Waals surface area contributed by atoms with E-state index in [0.29, 0.717) is 13.0 Å². The van der Waals surface area contributed by atoms with E-state index in [-0.39, 0.29) is 5.91 Å². The number of nitrogens with two attached hydrogens (primary N) is 1. The predicted octanol–water partition coefficient (Wildman–Crippen LogP) is -0.0203. The summed E-state index contributed by atoms with van der Waals surface area (Å²) in [6.07, 6.45) is 4.17. The molecular weight excluding hydrogens is 154 g/mol. The molecule has 4 nitrogen and oxygen atoms in total. The number of carbonyl (C=O) groups excluding carboxylic acids is 1. The summed E-state index contributed by atoms with van der Waals surface area (Å²) < 4.78 is 0. The molecule has 0 aliphatic rings. The van der Waals surface area contributed by atoms with Crippen molar-refractivity contribution in [3.05, 3.63) is 24.0 Å². The van der Waals surface area contributed by atoms with Crippen LogP contribution in [0, 0.1) is 0 Å². The fraction of sp³-hybridized carbons (Fsp3) is 0.375. The lowest BCUT2D eigenvalue weighted by molar-refractivity contribution is -0.117. The highest BCUT2D eigenvalue weighted by Crippen LogP contribution is 1.94. The molecule has 1 rings (SSSR count). The van der Waals surface area contributed by atoms with Crippen LogP contribution in [-0.4, -0.2) is 17.4 Å². The summed E-state index contributed by atoms with van der Waals surface area (Å²) in [7, 11) is 0. The number of nitrogens with one attached hydrogen (secondary N) is 2. The van der Waals surface area contributed by atoms with Gasteiger partial charge in [-0.25, -0.2) is 0 Å². The number of hydrogen-bond acceptors (Lipinski definition) is 2. The van der Waals surface area contributed by atoms with Gasteiger partial charge in [0.05, 0.1) is 0 Å². The zero-order chi connectivity index (χ0) is 8.81. The molecule has 1 aromatic heterocycles. The number of H-pyrrole nitrogens is 1. The summed E-state index contributed by atoms with van der Waals surface area (Å²) in [6, 6.07) is 1.98. The van der Waals surface area contributed by atoms with E-state index in [1.165, 1.54) is 5.56 Å². The average Bonchev–Trinajstić information content (AvgIpc) is 2.49. The van der Waals surface area contributed by atoms with Gasteiger partial charge in [0.2, 0.25) is 5.91 Å². The van der Waals surface area contributed by atoms with Gasteiger partial charge in [-0.05, 0) is 11.6 Å². The molecule has 0 spiro atoms.